The number of carbonyl (C=O) groups excluding carboxylic acids is 1. The second-order valence-electron chi connectivity index (χ2n) is 5.19. The second-order valence-corrected chi connectivity index (χ2v) is 5.19. The summed E-state index contributed by atoms with van der Waals surface area (Å²) in [6, 6.07) is 3.92. The van der Waals surface area contributed by atoms with Gasteiger partial charge in [-0.25, -0.2) is 0 Å². The van der Waals surface area contributed by atoms with Gasteiger partial charge in [-0.15, -0.1) is 0 Å². The maximum Gasteiger partial charge on any atom is 0.292 e. The molecule has 0 saturated heterocycles. The number of amides is 1. The van der Waals surface area contributed by atoms with Gasteiger partial charge in [0.15, 0.2) is 0 Å². The Morgan fingerprint density at radius 1 is 1.38 bits per heavy atom. The number of nitro benzene ring substituents is 1. The molecule has 1 rings (SSSR count). The molecular formula is C13H19N3O5. The van der Waals surface area contributed by atoms with Crippen molar-refractivity contribution < 1.29 is 19.9 Å². The van der Waals surface area contributed by atoms with Gasteiger partial charge in [0.2, 0.25) is 0 Å². The van der Waals surface area contributed by atoms with Gasteiger partial charge < -0.3 is 20.4 Å². The zero-order valence-corrected chi connectivity index (χ0v) is 12.2. The normalized spacial score (nSPS) is 11.1. The highest BCUT2D eigenvalue weighted by atomic mass is 16.6. The van der Waals surface area contributed by atoms with Crippen molar-refractivity contribution in [3.8, 4) is 0 Å². The highest BCUT2D eigenvalue weighted by Gasteiger charge is 2.26. The third-order valence-electron chi connectivity index (χ3n) is 2.98. The molecule has 8 heteroatoms. The fourth-order valence-corrected chi connectivity index (χ4v) is 1.64. The maximum absolute atomic E-state index is 11.9. The number of aliphatic hydroxyl groups excluding tert-OH is 2. The van der Waals surface area contributed by atoms with Crippen molar-refractivity contribution in [1.29, 1.82) is 0 Å². The summed E-state index contributed by atoms with van der Waals surface area (Å²) < 4.78 is 0. The van der Waals surface area contributed by atoms with Crippen molar-refractivity contribution >= 4 is 17.3 Å². The molecule has 0 aliphatic rings. The molecule has 0 fully saturated rings. The maximum atomic E-state index is 11.9. The summed E-state index contributed by atoms with van der Waals surface area (Å²) in [5.74, 6) is -0.303. The topological polar surface area (TPSA) is 116 Å². The van der Waals surface area contributed by atoms with Crippen LogP contribution in [0.25, 0.3) is 0 Å². The van der Waals surface area contributed by atoms with Crippen LogP contribution in [0.5, 0.6) is 0 Å². The molecule has 8 nitrogen and oxygen atoms in total. The fraction of sp³-hybridized carbons (Fsp3) is 0.462. The van der Waals surface area contributed by atoms with Crippen LogP contribution in [0.4, 0.5) is 11.4 Å². The number of hydrogen-bond donors (Lipinski definition) is 3. The lowest BCUT2D eigenvalue weighted by atomic mass is 10.0. The molecule has 0 aromatic heterocycles. The van der Waals surface area contributed by atoms with E-state index in [9.17, 15) is 25.1 Å². The third-order valence-corrected chi connectivity index (χ3v) is 2.98. The van der Waals surface area contributed by atoms with Gasteiger partial charge in [0.25, 0.3) is 11.6 Å². The molecule has 1 aromatic carbocycles. The zero-order valence-electron chi connectivity index (χ0n) is 12.2. The van der Waals surface area contributed by atoms with Crippen LogP contribution >= 0.6 is 0 Å². The SMILES string of the molecule is CN(C)C(=O)c1ccc([N+](=O)[O-])c(NC(C)(CO)CO)c1. The van der Waals surface area contributed by atoms with E-state index in [1.54, 1.807) is 14.1 Å². The molecular weight excluding hydrogens is 278 g/mol. The standard InChI is InChI=1S/C13H19N3O5/c1-13(7-17,8-18)14-10-6-9(12(19)15(2)3)4-5-11(10)16(20)21/h4-6,14,17-18H,7-8H2,1-3H3. The van der Waals surface area contributed by atoms with Crippen LogP contribution in [0.3, 0.4) is 0 Å². The molecule has 0 unspecified atom stereocenters. The summed E-state index contributed by atoms with van der Waals surface area (Å²) in [6.45, 7) is 0.663. The molecule has 0 aliphatic heterocycles. The molecule has 0 saturated carbocycles. The Morgan fingerprint density at radius 2 is 1.95 bits per heavy atom. The fourth-order valence-electron chi connectivity index (χ4n) is 1.64. The molecule has 0 bridgehead atoms. The Bertz CT molecular complexity index is 541. The highest BCUT2D eigenvalue weighted by molar-refractivity contribution is 5.95. The molecule has 0 heterocycles. The van der Waals surface area contributed by atoms with Crippen LogP contribution in [0.1, 0.15) is 17.3 Å². The minimum absolute atomic E-state index is 0.0679. The Hall–Kier alpha value is -2.19. The first-order valence-electron chi connectivity index (χ1n) is 6.24. The Balaban J connectivity index is 3.28. The van der Waals surface area contributed by atoms with Crippen molar-refractivity contribution in [2.24, 2.45) is 0 Å². The number of aliphatic hydroxyl groups is 2. The first-order valence-corrected chi connectivity index (χ1v) is 6.24. The van der Waals surface area contributed by atoms with Gasteiger partial charge in [0, 0.05) is 25.7 Å². The molecule has 0 atom stereocenters. The van der Waals surface area contributed by atoms with Gasteiger partial charge >= 0.3 is 0 Å². The van der Waals surface area contributed by atoms with Gasteiger partial charge in [-0.2, -0.15) is 0 Å². The van der Waals surface area contributed by atoms with E-state index in [1.807, 2.05) is 0 Å². The number of nitrogens with one attached hydrogen (secondary N) is 1. The molecule has 0 radical (unpaired) electrons. The Morgan fingerprint density at radius 3 is 2.38 bits per heavy atom. The average molecular weight is 297 g/mol. The Labute approximate surface area is 122 Å². The molecule has 3 N–H and O–H groups in total. The lowest BCUT2D eigenvalue weighted by molar-refractivity contribution is -0.384. The summed E-state index contributed by atoms with van der Waals surface area (Å²) in [5.41, 5.74) is -1.03. The lowest BCUT2D eigenvalue weighted by Crippen LogP contribution is -2.42. The van der Waals surface area contributed by atoms with Crippen molar-refractivity contribution in [3.05, 3.63) is 33.9 Å². The summed E-state index contributed by atoms with van der Waals surface area (Å²) in [5, 5.41) is 32.3. The van der Waals surface area contributed by atoms with Crippen LogP contribution in [0, 0.1) is 10.1 Å². The van der Waals surface area contributed by atoms with Gasteiger partial charge in [0.1, 0.15) is 5.69 Å². The van der Waals surface area contributed by atoms with E-state index in [0.717, 1.165) is 0 Å². The molecule has 1 aromatic rings. The second kappa shape index (κ2) is 6.51. The number of anilines is 1. The minimum Gasteiger partial charge on any atom is -0.394 e. The van der Waals surface area contributed by atoms with E-state index in [2.05, 4.69) is 5.32 Å². The summed E-state index contributed by atoms with van der Waals surface area (Å²) in [7, 11) is 3.14. The van der Waals surface area contributed by atoms with Crippen LogP contribution in [-0.4, -0.2) is 58.8 Å². The predicted molar refractivity (Wildman–Crippen MR) is 77.3 cm³/mol. The van der Waals surface area contributed by atoms with Gasteiger partial charge in [-0.3, -0.25) is 14.9 Å². The minimum atomic E-state index is -1.13. The predicted octanol–water partition coefficient (Wildman–Crippen LogP) is 0.452. The Kier molecular flexibility index (Phi) is 5.23. The molecule has 21 heavy (non-hydrogen) atoms. The number of nitro groups is 1. The van der Waals surface area contributed by atoms with Crippen LogP contribution < -0.4 is 5.32 Å². The summed E-state index contributed by atoms with van der Waals surface area (Å²) in [6.07, 6.45) is 0. The van der Waals surface area contributed by atoms with E-state index in [0.29, 0.717) is 0 Å². The monoisotopic (exact) mass is 297 g/mol. The number of benzene rings is 1. The van der Waals surface area contributed by atoms with E-state index in [-0.39, 0.29) is 22.8 Å². The smallest absolute Gasteiger partial charge is 0.292 e. The van der Waals surface area contributed by atoms with Crippen LogP contribution in [0.2, 0.25) is 0 Å². The van der Waals surface area contributed by atoms with Crippen molar-refractivity contribution in [2.75, 3.05) is 32.6 Å². The number of hydrogen-bond acceptors (Lipinski definition) is 6. The summed E-state index contributed by atoms with van der Waals surface area (Å²) >= 11 is 0. The van der Waals surface area contributed by atoms with Crippen molar-refractivity contribution in [2.45, 2.75) is 12.5 Å². The van der Waals surface area contributed by atoms with E-state index in [4.69, 9.17) is 0 Å². The number of nitrogens with zero attached hydrogens (tertiary/aromatic N) is 2. The number of carbonyl (C=O) groups is 1. The molecule has 1 amide bonds. The molecule has 0 spiro atoms. The zero-order chi connectivity index (χ0) is 16.2. The number of rotatable bonds is 6. The molecule has 116 valence electrons. The van der Waals surface area contributed by atoms with Gasteiger partial charge in [0.05, 0.1) is 23.7 Å². The van der Waals surface area contributed by atoms with Gasteiger partial charge in [-0.05, 0) is 19.1 Å². The van der Waals surface area contributed by atoms with E-state index >= 15 is 0 Å². The van der Waals surface area contributed by atoms with Crippen LogP contribution in [0.15, 0.2) is 18.2 Å². The van der Waals surface area contributed by atoms with Crippen molar-refractivity contribution in [1.82, 2.24) is 4.90 Å². The van der Waals surface area contributed by atoms with E-state index in [1.165, 1.54) is 30.0 Å². The lowest BCUT2D eigenvalue weighted by Gasteiger charge is -2.27. The third kappa shape index (κ3) is 3.89. The van der Waals surface area contributed by atoms with Crippen LogP contribution in [-0.2, 0) is 0 Å². The largest absolute Gasteiger partial charge is 0.394 e. The van der Waals surface area contributed by atoms with Gasteiger partial charge in [-0.1, -0.05) is 0 Å². The highest BCUT2D eigenvalue weighted by Crippen LogP contribution is 2.28. The van der Waals surface area contributed by atoms with Crippen molar-refractivity contribution in [3.63, 3.8) is 0 Å². The molecule has 0 aliphatic carbocycles. The van der Waals surface area contributed by atoms with E-state index < -0.39 is 23.7 Å². The summed E-state index contributed by atoms with van der Waals surface area (Å²) in [4.78, 5) is 23.7. The quantitative estimate of drug-likeness (QED) is 0.518. The first kappa shape index (κ1) is 16.9. The first-order chi connectivity index (χ1) is 9.74. The average Bonchev–Trinajstić information content (AvgIpc) is 2.45.